The summed E-state index contributed by atoms with van der Waals surface area (Å²) in [6.45, 7) is 2.34. The van der Waals surface area contributed by atoms with E-state index in [1.54, 1.807) is 11.5 Å². The molecule has 3 rings (SSSR count). The van der Waals surface area contributed by atoms with Gasteiger partial charge in [0.05, 0.1) is 10.4 Å². The Morgan fingerprint density at radius 2 is 2.00 bits per heavy atom. The Kier molecular flexibility index (Phi) is 2.93. The molecule has 1 atom stereocenters. The summed E-state index contributed by atoms with van der Waals surface area (Å²) in [6.07, 6.45) is 2.47. The van der Waals surface area contributed by atoms with Gasteiger partial charge in [-0.1, -0.05) is 27.6 Å². The van der Waals surface area contributed by atoms with Crippen LogP contribution in [0.1, 0.15) is 24.5 Å². The molecule has 1 aliphatic rings. The van der Waals surface area contributed by atoms with Crippen molar-refractivity contribution >= 4 is 31.0 Å². The Bertz CT molecular complexity index is 488. The van der Waals surface area contributed by atoms with Crippen LogP contribution in [-0.4, -0.2) is 22.1 Å². The number of piperidine rings is 1. The van der Waals surface area contributed by atoms with Crippen molar-refractivity contribution in [2.45, 2.75) is 18.8 Å². The molecule has 2 aromatic rings. The second kappa shape index (κ2) is 4.40. The molecule has 0 aliphatic carbocycles. The highest BCUT2D eigenvalue weighted by molar-refractivity contribution is 7.13. The maximum absolute atomic E-state index is 4.66. The van der Waals surface area contributed by atoms with Crippen molar-refractivity contribution in [3.05, 3.63) is 30.0 Å². The lowest BCUT2D eigenvalue weighted by atomic mass is 9.93. The summed E-state index contributed by atoms with van der Waals surface area (Å²) in [5.74, 6) is 0.660. The van der Waals surface area contributed by atoms with E-state index in [0.29, 0.717) is 5.92 Å². The molecular formula is C12H15N2PS. The third kappa shape index (κ3) is 1.88. The number of aromatic nitrogens is 1. The fraction of sp³-hybridized carbons (Fsp3) is 0.417. The third-order valence-electron chi connectivity index (χ3n) is 3.32. The quantitative estimate of drug-likeness (QED) is 0.722. The molecule has 1 aliphatic heterocycles. The van der Waals surface area contributed by atoms with Gasteiger partial charge in [-0.3, -0.25) is 4.67 Å². The molecule has 0 radical (unpaired) electrons. The molecule has 1 saturated heterocycles. The SMILES string of the molecule is PN1CCC(c2nsc3ccccc23)CC1. The Labute approximate surface area is 102 Å². The van der Waals surface area contributed by atoms with E-state index in [0.717, 1.165) is 0 Å². The van der Waals surface area contributed by atoms with Crippen molar-refractivity contribution in [2.75, 3.05) is 13.1 Å². The molecule has 0 saturated carbocycles. The van der Waals surface area contributed by atoms with Crippen LogP contribution >= 0.6 is 20.9 Å². The van der Waals surface area contributed by atoms with E-state index in [-0.39, 0.29) is 0 Å². The van der Waals surface area contributed by atoms with Crippen LogP contribution in [0, 0.1) is 0 Å². The van der Waals surface area contributed by atoms with Gasteiger partial charge in [0.1, 0.15) is 0 Å². The van der Waals surface area contributed by atoms with Gasteiger partial charge in [0.15, 0.2) is 0 Å². The van der Waals surface area contributed by atoms with Crippen LogP contribution in [0.2, 0.25) is 0 Å². The molecule has 1 fully saturated rings. The highest BCUT2D eigenvalue weighted by atomic mass is 32.1. The molecule has 2 heterocycles. The summed E-state index contributed by atoms with van der Waals surface area (Å²) in [4.78, 5) is 0. The Hall–Kier alpha value is -0.500. The highest BCUT2D eigenvalue weighted by Gasteiger charge is 2.22. The van der Waals surface area contributed by atoms with E-state index in [9.17, 15) is 0 Å². The first-order valence-electron chi connectivity index (χ1n) is 5.68. The molecule has 1 unspecified atom stereocenters. The van der Waals surface area contributed by atoms with Crippen LogP contribution in [0.5, 0.6) is 0 Å². The molecule has 0 N–H and O–H groups in total. The van der Waals surface area contributed by atoms with Crippen molar-refractivity contribution in [2.24, 2.45) is 0 Å². The average molecular weight is 250 g/mol. The molecule has 1 aromatic heterocycles. The Balaban J connectivity index is 1.94. The highest BCUT2D eigenvalue weighted by Crippen LogP contribution is 2.34. The molecule has 4 heteroatoms. The second-order valence-corrected chi connectivity index (χ2v) is 5.91. The van der Waals surface area contributed by atoms with Gasteiger partial charge in [0.2, 0.25) is 0 Å². The monoisotopic (exact) mass is 250 g/mol. The van der Waals surface area contributed by atoms with E-state index < -0.39 is 0 Å². The number of benzene rings is 1. The Morgan fingerprint density at radius 1 is 1.25 bits per heavy atom. The number of rotatable bonds is 1. The second-order valence-electron chi connectivity index (χ2n) is 4.37. The normalized spacial score (nSPS) is 19.3. The van der Waals surface area contributed by atoms with Crippen LogP contribution in [0.4, 0.5) is 0 Å². The van der Waals surface area contributed by atoms with Crippen LogP contribution in [0.25, 0.3) is 10.1 Å². The number of fused-ring (bicyclic) bond motifs is 1. The van der Waals surface area contributed by atoms with E-state index >= 15 is 0 Å². The third-order valence-corrected chi connectivity index (χ3v) is 4.68. The van der Waals surface area contributed by atoms with E-state index in [1.165, 1.54) is 41.7 Å². The maximum Gasteiger partial charge on any atom is 0.0652 e. The van der Waals surface area contributed by atoms with Crippen molar-refractivity contribution < 1.29 is 0 Å². The van der Waals surface area contributed by atoms with Gasteiger partial charge in [-0.15, -0.1) is 0 Å². The number of nitrogens with zero attached hydrogens (tertiary/aromatic N) is 2. The molecule has 0 amide bonds. The summed E-state index contributed by atoms with van der Waals surface area (Å²) in [6, 6.07) is 8.59. The largest absolute Gasteiger partial charge is 0.287 e. The number of hydrogen-bond donors (Lipinski definition) is 0. The van der Waals surface area contributed by atoms with Crippen molar-refractivity contribution in [3.63, 3.8) is 0 Å². The molecule has 16 heavy (non-hydrogen) atoms. The van der Waals surface area contributed by atoms with Gasteiger partial charge in [-0.2, -0.15) is 4.37 Å². The van der Waals surface area contributed by atoms with Gasteiger partial charge in [0, 0.05) is 24.4 Å². The van der Waals surface area contributed by atoms with Crippen LogP contribution in [0.3, 0.4) is 0 Å². The summed E-state index contributed by atoms with van der Waals surface area (Å²) < 4.78 is 8.31. The van der Waals surface area contributed by atoms with Crippen LogP contribution < -0.4 is 0 Å². The van der Waals surface area contributed by atoms with Gasteiger partial charge in [0.25, 0.3) is 0 Å². The minimum absolute atomic E-state index is 0.660. The number of hydrogen-bond acceptors (Lipinski definition) is 3. The van der Waals surface area contributed by atoms with E-state index in [4.69, 9.17) is 0 Å². The topological polar surface area (TPSA) is 16.1 Å². The predicted molar refractivity (Wildman–Crippen MR) is 72.9 cm³/mol. The van der Waals surface area contributed by atoms with Gasteiger partial charge >= 0.3 is 0 Å². The molecule has 0 bridgehead atoms. The lowest BCUT2D eigenvalue weighted by Gasteiger charge is -2.27. The fourth-order valence-corrected chi connectivity index (χ4v) is 3.53. The first kappa shape index (κ1) is 10.6. The minimum atomic E-state index is 0.660. The summed E-state index contributed by atoms with van der Waals surface area (Å²) in [7, 11) is 2.80. The summed E-state index contributed by atoms with van der Waals surface area (Å²) in [5, 5.41) is 1.37. The van der Waals surface area contributed by atoms with Gasteiger partial charge in [-0.05, 0) is 30.4 Å². The van der Waals surface area contributed by atoms with Gasteiger partial charge in [-0.25, -0.2) is 0 Å². The summed E-state index contributed by atoms with van der Waals surface area (Å²) in [5.41, 5.74) is 1.33. The lowest BCUT2D eigenvalue weighted by molar-refractivity contribution is 0.343. The smallest absolute Gasteiger partial charge is 0.0652 e. The summed E-state index contributed by atoms with van der Waals surface area (Å²) >= 11 is 1.64. The zero-order chi connectivity index (χ0) is 11.0. The van der Waals surface area contributed by atoms with Crippen molar-refractivity contribution in [1.82, 2.24) is 9.04 Å². The Morgan fingerprint density at radius 3 is 2.81 bits per heavy atom. The zero-order valence-electron chi connectivity index (χ0n) is 9.10. The standard InChI is InChI=1S/C12H15N2PS/c15-14-7-5-9(6-8-14)12-10-3-1-2-4-11(10)16-13-12/h1-4,9H,5-8,15H2. The fourth-order valence-electron chi connectivity index (χ4n) is 2.37. The van der Waals surface area contributed by atoms with Gasteiger partial charge < -0.3 is 0 Å². The zero-order valence-corrected chi connectivity index (χ0v) is 11.1. The van der Waals surface area contributed by atoms with Crippen LogP contribution in [0.15, 0.2) is 24.3 Å². The maximum atomic E-state index is 4.66. The van der Waals surface area contributed by atoms with E-state index in [2.05, 4.69) is 42.7 Å². The van der Waals surface area contributed by atoms with Crippen molar-refractivity contribution in [1.29, 1.82) is 0 Å². The predicted octanol–water partition coefficient (Wildman–Crippen LogP) is 3.27. The first-order chi connectivity index (χ1) is 7.84. The first-order valence-corrected chi connectivity index (χ1v) is 6.97. The minimum Gasteiger partial charge on any atom is -0.287 e. The molecular weight excluding hydrogens is 235 g/mol. The molecule has 2 nitrogen and oxygen atoms in total. The molecule has 1 aromatic carbocycles. The lowest BCUT2D eigenvalue weighted by Crippen LogP contribution is -2.24. The van der Waals surface area contributed by atoms with E-state index in [1.807, 2.05) is 0 Å². The average Bonchev–Trinajstić information content (AvgIpc) is 2.74. The van der Waals surface area contributed by atoms with Crippen molar-refractivity contribution in [3.8, 4) is 0 Å². The molecule has 0 spiro atoms. The van der Waals surface area contributed by atoms with Crippen LogP contribution in [-0.2, 0) is 0 Å². The molecule has 84 valence electrons.